The molecule has 2 heterocycles. The highest BCUT2D eigenvalue weighted by Crippen LogP contribution is 2.35. The van der Waals surface area contributed by atoms with Gasteiger partial charge >= 0.3 is 6.18 Å². The molecule has 1 aliphatic heterocycles. The Balaban J connectivity index is 2.26. The molecule has 0 N–H and O–H groups in total. The van der Waals surface area contributed by atoms with Gasteiger partial charge in [0, 0.05) is 26.4 Å². The highest BCUT2D eigenvalue weighted by atomic mass is 19.4. The van der Waals surface area contributed by atoms with Crippen LogP contribution in [0.3, 0.4) is 0 Å². The van der Waals surface area contributed by atoms with Gasteiger partial charge in [0.25, 0.3) is 0 Å². The minimum Gasteiger partial charge on any atom is -0.382 e. The number of aromatic nitrogens is 1. The normalized spacial score (nSPS) is 23.9. The molecule has 1 saturated heterocycles. The first-order valence-corrected chi connectivity index (χ1v) is 6.33. The van der Waals surface area contributed by atoms with Crippen molar-refractivity contribution < 1.29 is 22.6 Å². The van der Waals surface area contributed by atoms with E-state index in [2.05, 4.69) is 4.98 Å². The van der Waals surface area contributed by atoms with Crippen molar-refractivity contribution in [2.45, 2.75) is 25.3 Å². The first-order valence-electron chi connectivity index (χ1n) is 6.33. The number of ether oxygens (including phenoxy) is 2. The summed E-state index contributed by atoms with van der Waals surface area (Å²) in [5.74, 6) is -0.0451. The third-order valence-electron chi connectivity index (χ3n) is 3.07. The predicted molar refractivity (Wildman–Crippen MR) is 67.7 cm³/mol. The zero-order valence-corrected chi connectivity index (χ0v) is 11.4. The van der Waals surface area contributed by atoms with Crippen molar-refractivity contribution in [2.24, 2.45) is 0 Å². The van der Waals surface area contributed by atoms with E-state index in [1.54, 1.807) is 4.90 Å². The van der Waals surface area contributed by atoms with Crippen molar-refractivity contribution >= 4 is 5.82 Å². The van der Waals surface area contributed by atoms with Gasteiger partial charge in [0.2, 0.25) is 0 Å². The van der Waals surface area contributed by atoms with Gasteiger partial charge in [0.15, 0.2) is 0 Å². The Morgan fingerprint density at radius 1 is 1.45 bits per heavy atom. The van der Waals surface area contributed by atoms with Crippen LogP contribution in [0, 0.1) is 0 Å². The highest BCUT2D eigenvalue weighted by molar-refractivity contribution is 5.49. The lowest BCUT2D eigenvalue weighted by atomic mass is 10.1. The maximum atomic E-state index is 13.0. The van der Waals surface area contributed by atoms with Gasteiger partial charge in [0.05, 0.1) is 24.4 Å². The summed E-state index contributed by atoms with van der Waals surface area (Å²) in [5.41, 5.74) is -0.717. The van der Waals surface area contributed by atoms with Crippen LogP contribution in [0.5, 0.6) is 0 Å². The Hall–Kier alpha value is -1.34. The van der Waals surface area contributed by atoms with E-state index in [1.165, 1.54) is 19.4 Å². The number of anilines is 1. The molecule has 2 atom stereocenters. The molecule has 7 heteroatoms. The van der Waals surface area contributed by atoms with Crippen molar-refractivity contribution in [1.82, 2.24) is 4.98 Å². The van der Waals surface area contributed by atoms with Crippen molar-refractivity contribution in [1.29, 1.82) is 0 Å². The smallest absolute Gasteiger partial charge is 0.382 e. The number of alkyl halides is 3. The average Bonchev–Trinajstić information content (AvgIpc) is 2.37. The molecule has 0 radical (unpaired) electrons. The molecule has 112 valence electrons. The van der Waals surface area contributed by atoms with Gasteiger partial charge in [-0.1, -0.05) is 0 Å². The molecule has 0 amide bonds. The molecule has 0 aromatic carbocycles. The Morgan fingerprint density at radius 2 is 2.20 bits per heavy atom. The van der Waals surface area contributed by atoms with Crippen LogP contribution in [0.25, 0.3) is 0 Å². The van der Waals surface area contributed by atoms with Crippen molar-refractivity contribution in [3.05, 3.63) is 23.9 Å². The lowest BCUT2D eigenvalue weighted by Gasteiger charge is -2.38. The molecule has 0 spiro atoms. The minimum absolute atomic E-state index is 0.0451. The molecule has 2 rings (SSSR count). The summed E-state index contributed by atoms with van der Waals surface area (Å²) in [4.78, 5) is 5.52. The first kappa shape index (κ1) is 15.1. The number of rotatable bonds is 3. The van der Waals surface area contributed by atoms with Crippen LogP contribution in [-0.4, -0.2) is 44.0 Å². The fourth-order valence-corrected chi connectivity index (χ4v) is 2.37. The fraction of sp³-hybridized carbons (Fsp3) is 0.615. The number of methoxy groups -OCH3 is 1. The maximum Gasteiger partial charge on any atom is 0.419 e. The molecule has 4 nitrogen and oxygen atoms in total. The SMILES string of the molecule is COCC1CN(c2ncccc2C(F)(F)F)CC(C)O1. The summed E-state index contributed by atoms with van der Waals surface area (Å²) in [7, 11) is 1.54. The monoisotopic (exact) mass is 290 g/mol. The quantitative estimate of drug-likeness (QED) is 0.856. The second-order valence-electron chi connectivity index (χ2n) is 4.80. The van der Waals surface area contributed by atoms with Crippen LogP contribution >= 0.6 is 0 Å². The molecule has 1 aliphatic rings. The Labute approximate surface area is 115 Å². The number of hydrogen-bond acceptors (Lipinski definition) is 4. The molecule has 0 aliphatic carbocycles. The highest BCUT2D eigenvalue weighted by Gasteiger charge is 2.37. The second-order valence-corrected chi connectivity index (χ2v) is 4.80. The van der Waals surface area contributed by atoms with Gasteiger partial charge in [-0.3, -0.25) is 0 Å². The zero-order chi connectivity index (χ0) is 14.8. The lowest BCUT2D eigenvalue weighted by molar-refractivity contribution is -0.137. The standard InChI is InChI=1S/C13H17F3N2O2/c1-9-6-18(7-10(20-9)8-19-2)12-11(13(14,15)16)4-3-5-17-12/h3-5,9-10H,6-8H2,1-2H3. The summed E-state index contributed by atoms with van der Waals surface area (Å²) >= 11 is 0. The van der Waals surface area contributed by atoms with Gasteiger partial charge < -0.3 is 14.4 Å². The maximum absolute atomic E-state index is 13.0. The zero-order valence-electron chi connectivity index (χ0n) is 11.4. The summed E-state index contributed by atoms with van der Waals surface area (Å²) in [6.45, 7) is 2.87. The van der Waals surface area contributed by atoms with E-state index >= 15 is 0 Å². The second kappa shape index (κ2) is 5.97. The Morgan fingerprint density at radius 3 is 2.85 bits per heavy atom. The van der Waals surface area contributed by atoms with Gasteiger partial charge in [-0.2, -0.15) is 13.2 Å². The van der Waals surface area contributed by atoms with Crippen LogP contribution in [0.4, 0.5) is 19.0 Å². The van der Waals surface area contributed by atoms with Gasteiger partial charge in [-0.25, -0.2) is 4.98 Å². The van der Waals surface area contributed by atoms with Gasteiger partial charge in [0.1, 0.15) is 5.82 Å². The molecular weight excluding hydrogens is 273 g/mol. The van der Waals surface area contributed by atoms with E-state index in [4.69, 9.17) is 9.47 Å². The van der Waals surface area contributed by atoms with Crippen LogP contribution in [0.15, 0.2) is 18.3 Å². The third kappa shape index (κ3) is 3.40. The molecule has 0 bridgehead atoms. The van der Waals surface area contributed by atoms with Crippen LogP contribution < -0.4 is 4.90 Å². The van der Waals surface area contributed by atoms with Crippen LogP contribution in [-0.2, 0) is 15.7 Å². The van der Waals surface area contributed by atoms with Crippen LogP contribution in [0.1, 0.15) is 12.5 Å². The summed E-state index contributed by atoms with van der Waals surface area (Å²) in [5, 5.41) is 0. The summed E-state index contributed by atoms with van der Waals surface area (Å²) in [6.07, 6.45) is -3.48. The van der Waals surface area contributed by atoms with Crippen molar-refractivity contribution in [2.75, 3.05) is 31.7 Å². The molecule has 20 heavy (non-hydrogen) atoms. The number of halogens is 3. The van der Waals surface area contributed by atoms with Gasteiger partial charge in [-0.15, -0.1) is 0 Å². The molecule has 2 unspecified atom stereocenters. The summed E-state index contributed by atoms with van der Waals surface area (Å²) < 4.78 is 49.7. The van der Waals surface area contributed by atoms with Gasteiger partial charge in [-0.05, 0) is 19.1 Å². The lowest BCUT2D eigenvalue weighted by Crippen LogP contribution is -2.49. The summed E-state index contributed by atoms with van der Waals surface area (Å²) in [6, 6.07) is 2.34. The fourth-order valence-electron chi connectivity index (χ4n) is 2.37. The van der Waals surface area contributed by atoms with E-state index in [0.29, 0.717) is 19.7 Å². The van der Waals surface area contributed by atoms with E-state index in [9.17, 15) is 13.2 Å². The average molecular weight is 290 g/mol. The molecule has 1 fully saturated rings. The first-order chi connectivity index (χ1) is 9.41. The molecular formula is C13H17F3N2O2. The molecule has 1 aromatic heterocycles. The number of pyridine rings is 1. The van der Waals surface area contributed by atoms with Crippen molar-refractivity contribution in [3.8, 4) is 0 Å². The predicted octanol–water partition coefficient (Wildman–Crippen LogP) is 2.34. The Bertz CT molecular complexity index is 453. The van der Waals surface area contributed by atoms with E-state index in [1.807, 2.05) is 6.92 Å². The largest absolute Gasteiger partial charge is 0.419 e. The minimum atomic E-state index is -4.41. The van der Waals surface area contributed by atoms with E-state index in [-0.39, 0.29) is 18.0 Å². The van der Waals surface area contributed by atoms with E-state index < -0.39 is 11.7 Å². The molecule has 1 aromatic rings. The van der Waals surface area contributed by atoms with Crippen LogP contribution in [0.2, 0.25) is 0 Å². The molecule has 0 saturated carbocycles. The van der Waals surface area contributed by atoms with E-state index in [0.717, 1.165) is 6.07 Å². The number of nitrogens with zero attached hydrogens (tertiary/aromatic N) is 2. The third-order valence-corrected chi connectivity index (χ3v) is 3.07. The Kier molecular flexibility index (Phi) is 4.49. The topological polar surface area (TPSA) is 34.6 Å². The van der Waals surface area contributed by atoms with Crippen molar-refractivity contribution in [3.63, 3.8) is 0 Å². The number of hydrogen-bond donors (Lipinski definition) is 0. The number of morpholine rings is 1.